The van der Waals surface area contributed by atoms with Crippen molar-refractivity contribution in [3.63, 3.8) is 0 Å². The largest absolute Gasteiger partial charge is 0.381 e. The molecule has 0 radical (unpaired) electrons. The Hall–Kier alpha value is -2.45. The number of benzene rings is 2. The average molecular weight is 506 g/mol. The van der Waals surface area contributed by atoms with E-state index in [4.69, 9.17) is 10.00 Å². The molecule has 0 spiro atoms. The summed E-state index contributed by atoms with van der Waals surface area (Å²) < 4.78 is 61.3. The van der Waals surface area contributed by atoms with Gasteiger partial charge in [0.1, 0.15) is 0 Å². The van der Waals surface area contributed by atoms with Crippen LogP contribution in [-0.2, 0) is 24.6 Å². The second kappa shape index (κ2) is 10.9. The first-order chi connectivity index (χ1) is 16.1. The highest BCUT2D eigenvalue weighted by Crippen LogP contribution is 2.30. The molecule has 1 N–H and O–H groups in total. The van der Waals surface area contributed by atoms with E-state index in [-0.39, 0.29) is 26.6 Å². The standard InChI is InChI=1S/C24H31N3O5S2/c1-18(2)23-10-9-22(17-24(23)34(30,31)26-19-11-15-32-16-12-19)33(28,29)21-7-5-20(6-8-21)27(3)14-4-13-25/h5-10,17-19,26H,4,11-12,14-16H2,1-3H3. The molecular formula is C24H31N3O5S2. The van der Waals surface area contributed by atoms with Crippen molar-refractivity contribution in [3.05, 3.63) is 48.0 Å². The predicted molar refractivity (Wildman–Crippen MR) is 130 cm³/mol. The number of anilines is 1. The molecule has 0 atom stereocenters. The van der Waals surface area contributed by atoms with Gasteiger partial charge in [0.25, 0.3) is 0 Å². The fourth-order valence-electron chi connectivity index (χ4n) is 3.85. The molecule has 0 unspecified atom stereocenters. The Kier molecular flexibility index (Phi) is 8.36. The molecule has 2 aromatic carbocycles. The van der Waals surface area contributed by atoms with Crippen LogP contribution in [0.5, 0.6) is 0 Å². The minimum absolute atomic E-state index is 0.0112. The third-order valence-corrected chi connectivity index (χ3v) is 9.24. The van der Waals surface area contributed by atoms with Crippen molar-refractivity contribution in [1.29, 1.82) is 5.26 Å². The molecule has 0 saturated carbocycles. The fraction of sp³-hybridized carbons (Fsp3) is 0.458. The van der Waals surface area contributed by atoms with Gasteiger partial charge in [-0.25, -0.2) is 21.6 Å². The zero-order valence-electron chi connectivity index (χ0n) is 19.7. The van der Waals surface area contributed by atoms with Gasteiger partial charge in [-0.05, 0) is 60.7 Å². The van der Waals surface area contributed by atoms with Crippen molar-refractivity contribution in [2.75, 3.05) is 31.7 Å². The van der Waals surface area contributed by atoms with Gasteiger partial charge < -0.3 is 9.64 Å². The number of nitriles is 1. The second-order valence-corrected chi connectivity index (χ2v) is 12.3. The lowest BCUT2D eigenvalue weighted by molar-refractivity contribution is 0.0832. The van der Waals surface area contributed by atoms with Crippen LogP contribution in [-0.4, -0.2) is 49.7 Å². The van der Waals surface area contributed by atoms with Crippen LogP contribution in [0.3, 0.4) is 0 Å². The van der Waals surface area contributed by atoms with E-state index < -0.39 is 19.9 Å². The summed E-state index contributed by atoms with van der Waals surface area (Å²) in [7, 11) is -6.04. The van der Waals surface area contributed by atoms with Gasteiger partial charge in [0, 0.05) is 38.5 Å². The van der Waals surface area contributed by atoms with Crippen LogP contribution in [0.2, 0.25) is 0 Å². The van der Waals surface area contributed by atoms with Crippen molar-refractivity contribution in [1.82, 2.24) is 4.72 Å². The monoisotopic (exact) mass is 505 g/mol. The van der Waals surface area contributed by atoms with E-state index in [9.17, 15) is 16.8 Å². The molecule has 0 amide bonds. The van der Waals surface area contributed by atoms with Gasteiger partial charge in [0.05, 0.1) is 27.2 Å². The summed E-state index contributed by atoms with van der Waals surface area (Å²) in [6.45, 7) is 5.25. The number of sulfone groups is 1. The Morgan fingerprint density at radius 2 is 1.68 bits per heavy atom. The minimum Gasteiger partial charge on any atom is -0.381 e. The molecule has 8 nitrogen and oxygen atoms in total. The van der Waals surface area contributed by atoms with E-state index in [1.165, 1.54) is 24.3 Å². The number of rotatable bonds is 9. The Bertz CT molecular complexity index is 1240. The molecule has 1 heterocycles. The molecule has 184 valence electrons. The van der Waals surface area contributed by atoms with Crippen LogP contribution >= 0.6 is 0 Å². The molecular weight excluding hydrogens is 474 g/mol. The SMILES string of the molecule is CC(C)c1ccc(S(=O)(=O)c2ccc(N(C)CCC#N)cc2)cc1S(=O)(=O)NC1CCOCC1. The lowest BCUT2D eigenvalue weighted by Crippen LogP contribution is -2.39. The maximum absolute atomic E-state index is 13.3. The van der Waals surface area contributed by atoms with Crippen LogP contribution in [0.1, 0.15) is 44.6 Å². The highest BCUT2D eigenvalue weighted by atomic mass is 32.2. The molecule has 1 fully saturated rings. The van der Waals surface area contributed by atoms with E-state index in [2.05, 4.69) is 10.8 Å². The van der Waals surface area contributed by atoms with Gasteiger partial charge >= 0.3 is 0 Å². The zero-order valence-corrected chi connectivity index (χ0v) is 21.3. The number of hydrogen-bond donors (Lipinski definition) is 1. The van der Waals surface area contributed by atoms with Crippen molar-refractivity contribution < 1.29 is 21.6 Å². The summed E-state index contributed by atoms with van der Waals surface area (Å²) in [5.41, 5.74) is 1.35. The quantitative estimate of drug-likeness (QED) is 0.555. The Labute approximate surface area is 202 Å². The molecule has 34 heavy (non-hydrogen) atoms. The number of sulfonamides is 1. The Morgan fingerprint density at radius 3 is 2.26 bits per heavy atom. The zero-order chi connectivity index (χ0) is 24.9. The lowest BCUT2D eigenvalue weighted by Gasteiger charge is -2.24. The highest BCUT2D eigenvalue weighted by molar-refractivity contribution is 7.91. The molecule has 2 aromatic rings. The topological polar surface area (TPSA) is 117 Å². The molecule has 0 bridgehead atoms. The maximum Gasteiger partial charge on any atom is 0.241 e. The van der Waals surface area contributed by atoms with Gasteiger partial charge in [-0.15, -0.1) is 0 Å². The second-order valence-electron chi connectivity index (χ2n) is 8.69. The van der Waals surface area contributed by atoms with Crippen LogP contribution in [0, 0.1) is 11.3 Å². The summed E-state index contributed by atoms with van der Waals surface area (Å²) in [5.74, 6) is -0.110. The smallest absolute Gasteiger partial charge is 0.241 e. The lowest BCUT2D eigenvalue weighted by atomic mass is 10.0. The summed E-state index contributed by atoms with van der Waals surface area (Å²) in [6.07, 6.45) is 1.50. The third-order valence-electron chi connectivity index (χ3n) is 5.90. The Balaban J connectivity index is 1.95. The van der Waals surface area contributed by atoms with E-state index in [1.807, 2.05) is 25.8 Å². The first kappa shape index (κ1) is 26.2. The first-order valence-electron chi connectivity index (χ1n) is 11.2. The van der Waals surface area contributed by atoms with Gasteiger partial charge in [-0.3, -0.25) is 0 Å². The summed E-state index contributed by atoms with van der Waals surface area (Å²) >= 11 is 0. The van der Waals surface area contributed by atoms with Crippen molar-refractivity contribution in [3.8, 4) is 6.07 Å². The average Bonchev–Trinajstić information content (AvgIpc) is 2.82. The van der Waals surface area contributed by atoms with Gasteiger partial charge in [0.15, 0.2) is 0 Å². The Morgan fingerprint density at radius 1 is 1.06 bits per heavy atom. The van der Waals surface area contributed by atoms with Crippen molar-refractivity contribution in [2.24, 2.45) is 0 Å². The van der Waals surface area contributed by atoms with Crippen molar-refractivity contribution >= 4 is 25.5 Å². The van der Waals surface area contributed by atoms with Gasteiger partial charge in [-0.1, -0.05) is 19.9 Å². The summed E-state index contributed by atoms with van der Waals surface area (Å²) in [4.78, 5) is 1.85. The molecule has 0 aromatic heterocycles. The van der Waals surface area contributed by atoms with Crippen LogP contribution in [0.15, 0.2) is 57.2 Å². The number of nitrogens with zero attached hydrogens (tertiary/aromatic N) is 2. The van der Waals surface area contributed by atoms with E-state index >= 15 is 0 Å². The third kappa shape index (κ3) is 5.96. The van der Waals surface area contributed by atoms with Crippen LogP contribution in [0.25, 0.3) is 0 Å². The molecule has 3 rings (SSSR count). The molecule has 10 heteroatoms. The molecule has 1 aliphatic rings. The minimum atomic E-state index is -3.94. The van der Waals surface area contributed by atoms with Gasteiger partial charge in [0.2, 0.25) is 19.9 Å². The number of ether oxygens (including phenoxy) is 1. The summed E-state index contributed by atoms with van der Waals surface area (Å²) in [6, 6.07) is 12.5. The normalized spacial score (nSPS) is 15.3. The number of hydrogen-bond acceptors (Lipinski definition) is 7. The van der Waals surface area contributed by atoms with Crippen molar-refractivity contribution in [2.45, 2.75) is 59.8 Å². The van der Waals surface area contributed by atoms with Gasteiger partial charge in [-0.2, -0.15) is 5.26 Å². The summed E-state index contributed by atoms with van der Waals surface area (Å²) in [5, 5.41) is 8.76. The van der Waals surface area contributed by atoms with E-state index in [0.29, 0.717) is 44.6 Å². The maximum atomic E-state index is 13.3. The molecule has 1 saturated heterocycles. The molecule has 0 aliphatic carbocycles. The highest BCUT2D eigenvalue weighted by Gasteiger charge is 2.28. The van der Waals surface area contributed by atoms with Crippen LogP contribution < -0.4 is 9.62 Å². The van der Waals surface area contributed by atoms with E-state index in [1.54, 1.807) is 18.2 Å². The predicted octanol–water partition coefficient (Wildman–Crippen LogP) is 3.45. The first-order valence-corrected chi connectivity index (χ1v) is 14.2. The number of nitrogens with one attached hydrogen (secondary N) is 1. The fourth-order valence-corrected chi connectivity index (χ4v) is 6.91. The van der Waals surface area contributed by atoms with Crippen LogP contribution in [0.4, 0.5) is 5.69 Å². The van der Waals surface area contributed by atoms with E-state index in [0.717, 1.165) is 5.69 Å². The molecule has 1 aliphatic heterocycles.